The van der Waals surface area contributed by atoms with Crippen molar-refractivity contribution in [3.8, 4) is 0 Å². The van der Waals surface area contributed by atoms with Crippen molar-refractivity contribution < 1.29 is 23.9 Å². The quantitative estimate of drug-likeness (QED) is 0.521. The number of benzene rings is 1. The molecule has 30 heavy (non-hydrogen) atoms. The zero-order valence-electron chi connectivity index (χ0n) is 16.4. The molecule has 0 unspecified atom stereocenters. The van der Waals surface area contributed by atoms with Crippen molar-refractivity contribution in [1.82, 2.24) is 10.3 Å². The van der Waals surface area contributed by atoms with E-state index in [-0.39, 0.29) is 27.7 Å². The van der Waals surface area contributed by atoms with Gasteiger partial charge in [0.25, 0.3) is 0 Å². The molecule has 0 saturated carbocycles. The topological polar surface area (TPSA) is 108 Å². The van der Waals surface area contributed by atoms with E-state index in [0.29, 0.717) is 0 Å². The van der Waals surface area contributed by atoms with Crippen molar-refractivity contribution in [3.63, 3.8) is 0 Å². The number of pyridine rings is 1. The first-order valence-electron chi connectivity index (χ1n) is 8.88. The maximum Gasteiger partial charge on any atom is 0.405 e. The number of hydrogen-bond acceptors (Lipinski definition) is 4. The van der Waals surface area contributed by atoms with Gasteiger partial charge in [-0.1, -0.05) is 30.1 Å². The Balaban J connectivity index is 2.33. The van der Waals surface area contributed by atoms with Crippen molar-refractivity contribution in [2.75, 3.05) is 5.32 Å². The molecule has 0 fully saturated rings. The first-order valence-corrected chi connectivity index (χ1v) is 9.63. The highest BCUT2D eigenvalue weighted by atomic mass is 35.5. The van der Waals surface area contributed by atoms with Crippen molar-refractivity contribution >= 4 is 46.7 Å². The number of aromatic nitrogens is 1. The van der Waals surface area contributed by atoms with Crippen molar-refractivity contribution in [3.05, 3.63) is 57.6 Å². The van der Waals surface area contributed by atoms with E-state index in [1.165, 1.54) is 24.4 Å². The summed E-state index contributed by atoms with van der Waals surface area (Å²) in [4.78, 5) is 40.2. The predicted molar refractivity (Wildman–Crippen MR) is 112 cm³/mol. The smallest absolute Gasteiger partial charge is 0.405 e. The van der Waals surface area contributed by atoms with Gasteiger partial charge in [0, 0.05) is 17.7 Å². The molecule has 1 aromatic heterocycles. The average Bonchev–Trinajstić information content (AvgIpc) is 2.63. The number of carbonyl (C=O) groups is 3. The van der Waals surface area contributed by atoms with Gasteiger partial charge in [-0.3, -0.25) is 9.59 Å². The molecule has 10 heteroatoms. The minimum atomic E-state index is -1.21. The van der Waals surface area contributed by atoms with Crippen LogP contribution >= 0.6 is 23.2 Å². The molecule has 1 aromatic carbocycles. The van der Waals surface area contributed by atoms with E-state index in [1.807, 2.05) is 0 Å². The van der Waals surface area contributed by atoms with Crippen LogP contribution in [0.2, 0.25) is 10.0 Å². The minimum absolute atomic E-state index is 0.0419. The van der Waals surface area contributed by atoms with Crippen LogP contribution in [0, 0.1) is 11.7 Å². The Morgan fingerprint density at radius 1 is 1.23 bits per heavy atom. The van der Waals surface area contributed by atoms with Gasteiger partial charge in [-0.15, -0.1) is 0 Å². The Morgan fingerprint density at radius 2 is 1.90 bits per heavy atom. The van der Waals surface area contributed by atoms with Gasteiger partial charge >= 0.3 is 6.09 Å². The van der Waals surface area contributed by atoms with Gasteiger partial charge in [-0.05, 0) is 44.5 Å². The van der Waals surface area contributed by atoms with Gasteiger partial charge in [0.15, 0.2) is 5.82 Å². The highest BCUT2D eigenvalue weighted by molar-refractivity contribution is 6.45. The number of anilines is 1. The van der Waals surface area contributed by atoms with E-state index in [9.17, 15) is 18.8 Å². The molecule has 0 spiro atoms. The molecule has 1 heterocycles. The monoisotopic (exact) mass is 455 g/mol. The fraction of sp³-hybridized carbons (Fsp3) is 0.300. The normalized spacial score (nSPS) is 12.2. The molecule has 0 radical (unpaired) electrons. The Hall–Kier alpha value is -2.71. The number of nitrogens with one attached hydrogen (secondary N) is 2. The summed E-state index contributed by atoms with van der Waals surface area (Å²) in [6.45, 7) is 4.89. The molecule has 1 atom stereocenters. The number of hydrogen-bond donors (Lipinski definition) is 3. The molecule has 0 aliphatic carbocycles. The summed E-state index contributed by atoms with van der Waals surface area (Å²) in [6, 6.07) is 5.19. The number of nitrogens with zero attached hydrogens (tertiary/aromatic N) is 1. The first kappa shape index (κ1) is 23.6. The van der Waals surface area contributed by atoms with Gasteiger partial charge in [0.1, 0.15) is 5.69 Å². The zero-order chi connectivity index (χ0) is 22.6. The largest absolute Gasteiger partial charge is 0.465 e. The number of carbonyl (C=O) groups excluding carboxylic acids is 2. The lowest BCUT2D eigenvalue weighted by molar-refractivity contribution is -0.120. The van der Waals surface area contributed by atoms with Gasteiger partial charge < -0.3 is 15.7 Å². The fourth-order valence-electron chi connectivity index (χ4n) is 3.00. The third kappa shape index (κ3) is 5.67. The molecular formula is C20H20Cl2FN3O4. The number of halogens is 3. The molecule has 0 saturated heterocycles. The van der Waals surface area contributed by atoms with Crippen LogP contribution < -0.4 is 10.6 Å². The molecular weight excluding hydrogens is 436 g/mol. The minimum Gasteiger partial charge on any atom is -0.465 e. The van der Waals surface area contributed by atoms with Crippen molar-refractivity contribution in [2.45, 2.75) is 32.7 Å². The van der Waals surface area contributed by atoms with Crippen LogP contribution in [0.25, 0.3) is 0 Å². The van der Waals surface area contributed by atoms with Crippen LogP contribution in [0.5, 0.6) is 0 Å². The SMILES string of the molecule is C[C@@H](CC(C)(C)NC(=O)O)C(=O)Nc1ccc(Cl)c(Cl)c1C(=O)c1ncccc1F. The molecule has 2 rings (SSSR count). The molecule has 2 aromatic rings. The zero-order valence-corrected chi connectivity index (χ0v) is 17.9. The highest BCUT2D eigenvalue weighted by Gasteiger charge is 2.29. The molecule has 2 amide bonds. The third-order valence-corrected chi connectivity index (χ3v) is 5.07. The summed E-state index contributed by atoms with van der Waals surface area (Å²) in [6.07, 6.45) is 0.236. The molecule has 0 aliphatic heterocycles. The summed E-state index contributed by atoms with van der Waals surface area (Å²) >= 11 is 12.2. The maximum atomic E-state index is 14.1. The van der Waals surface area contributed by atoms with Gasteiger partial charge in [0.05, 0.1) is 21.3 Å². The van der Waals surface area contributed by atoms with Crippen molar-refractivity contribution in [1.29, 1.82) is 0 Å². The van der Waals surface area contributed by atoms with Crippen LogP contribution in [0.3, 0.4) is 0 Å². The second kappa shape index (κ2) is 9.40. The summed E-state index contributed by atoms with van der Waals surface area (Å²) in [5, 5.41) is 13.7. The van der Waals surface area contributed by atoms with Crippen LogP contribution in [0.4, 0.5) is 14.9 Å². The summed E-state index contributed by atoms with van der Waals surface area (Å²) in [7, 11) is 0. The van der Waals surface area contributed by atoms with Gasteiger partial charge in [-0.25, -0.2) is 14.2 Å². The number of ketones is 1. The fourth-order valence-corrected chi connectivity index (χ4v) is 3.41. The Labute approximate surface area is 182 Å². The van der Waals surface area contributed by atoms with Crippen molar-refractivity contribution in [2.24, 2.45) is 5.92 Å². The van der Waals surface area contributed by atoms with Crippen LogP contribution in [-0.4, -0.2) is 33.4 Å². The molecule has 0 bridgehead atoms. The lowest BCUT2D eigenvalue weighted by atomic mass is 9.91. The first-order chi connectivity index (χ1) is 13.9. The van der Waals surface area contributed by atoms with Gasteiger partial charge in [0.2, 0.25) is 11.7 Å². The number of carboxylic acid groups (broad SMARTS) is 1. The van der Waals surface area contributed by atoms with E-state index in [4.69, 9.17) is 28.3 Å². The Kier molecular flexibility index (Phi) is 7.39. The second-order valence-corrected chi connectivity index (χ2v) is 8.14. The Morgan fingerprint density at radius 3 is 2.50 bits per heavy atom. The number of rotatable bonds is 7. The average molecular weight is 456 g/mol. The Bertz CT molecular complexity index is 998. The highest BCUT2D eigenvalue weighted by Crippen LogP contribution is 2.34. The summed E-state index contributed by atoms with van der Waals surface area (Å²) < 4.78 is 14.1. The molecule has 3 N–H and O–H groups in total. The van der Waals surface area contributed by atoms with Crippen LogP contribution in [0.15, 0.2) is 30.5 Å². The standard InChI is InChI=1S/C20H20Cl2FN3O4/c1-10(9-20(2,3)26-19(29)30)18(28)25-13-7-6-11(21)15(22)14(13)17(27)16-12(23)5-4-8-24-16/h4-8,10,26H,9H2,1-3H3,(H,25,28)(H,29,30)/t10-/m0/s1. The third-order valence-electron chi connectivity index (χ3n) is 4.26. The van der Waals surface area contributed by atoms with E-state index >= 15 is 0 Å². The van der Waals surface area contributed by atoms with Gasteiger partial charge in [-0.2, -0.15) is 0 Å². The van der Waals surface area contributed by atoms with E-state index in [1.54, 1.807) is 20.8 Å². The van der Waals surface area contributed by atoms with Crippen LogP contribution in [0.1, 0.15) is 43.2 Å². The predicted octanol–water partition coefficient (Wildman–Crippen LogP) is 4.77. The second-order valence-electron chi connectivity index (χ2n) is 7.36. The summed E-state index contributed by atoms with van der Waals surface area (Å²) in [5.74, 6) is -2.79. The number of amides is 2. The molecule has 7 nitrogen and oxygen atoms in total. The van der Waals surface area contributed by atoms with E-state index in [0.717, 1.165) is 6.07 Å². The van der Waals surface area contributed by atoms with E-state index < -0.39 is 40.8 Å². The van der Waals surface area contributed by atoms with E-state index in [2.05, 4.69) is 15.6 Å². The lowest BCUT2D eigenvalue weighted by Crippen LogP contribution is -2.45. The lowest BCUT2D eigenvalue weighted by Gasteiger charge is -2.27. The maximum absolute atomic E-state index is 14.1. The molecule has 0 aliphatic rings. The van der Waals surface area contributed by atoms with Crippen LogP contribution in [-0.2, 0) is 4.79 Å². The molecule has 160 valence electrons. The summed E-state index contributed by atoms with van der Waals surface area (Å²) in [5.41, 5.74) is -1.47.